The molecule has 0 atom stereocenters. The molecule has 0 radical (unpaired) electrons. The maximum absolute atomic E-state index is 10.4. The van der Waals surface area contributed by atoms with Crippen LogP contribution in [0.5, 0.6) is 0 Å². The molecular weight excluding hydrogens is 223 g/mol. The molecule has 0 fully saturated rings. The zero-order chi connectivity index (χ0) is 8.97. The Morgan fingerprint density at radius 1 is 1.42 bits per heavy atom. The van der Waals surface area contributed by atoms with Crippen LogP contribution in [0.15, 0.2) is 12.1 Å². The molecule has 12 heavy (non-hydrogen) atoms. The number of hydrogen-bond donors (Lipinski definition) is 0. The van der Waals surface area contributed by atoms with Crippen molar-refractivity contribution >= 4 is 20.8 Å². The van der Waals surface area contributed by atoms with Gasteiger partial charge in [-0.3, -0.25) is 0 Å². The Bertz CT molecular complexity index is 253. The molecular formula is C8H10O3Se. The number of ether oxygens (including phenoxy) is 2. The van der Waals surface area contributed by atoms with Gasteiger partial charge in [0.25, 0.3) is 0 Å². The predicted octanol–water partition coefficient (Wildman–Crippen LogP) is 0.847. The van der Waals surface area contributed by atoms with Crippen LogP contribution < -0.4 is 0 Å². The number of aldehydes is 1. The van der Waals surface area contributed by atoms with Gasteiger partial charge in [0, 0.05) is 0 Å². The topological polar surface area (TPSA) is 35.5 Å². The van der Waals surface area contributed by atoms with Gasteiger partial charge < -0.3 is 0 Å². The van der Waals surface area contributed by atoms with Crippen molar-refractivity contribution in [3.8, 4) is 0 Å². The summed E-state index contributed by atoms with van der Waals surface area (Å²) in [6.07, 6.45) is 0.588. The van der Waals surface area contributed by atoms with Crippen LogP contribution in [-0.2, 0) is 9.47 Å². The Morgan fingerprint density at radius 3 is 2.50 bits per heavy atom. The Balaban J connectivity index is 2.79. The minimum absolute atomic E-state index is 0.0818. The molecule has 0 aromatic carbocycles. The second kappa shape index (κ2) is 4.57. The molecule has 0 unspecified atom stereocenters. The zero-order valence-electron chi connectivity index (χ0n) is 6.94. The second-order valence-electron chi connectivity index (χ2n) is 2.16. The van der Waals surface area contributed by atoms with Crippen LogP contribution >= 0.6 is 0 Å². The normalized spacial score (nSPS) is 10.6. The summed E-state index contributed by atoms with van der Waals surface area (Å²) in [6, 6.07) is 3.70. The van der Waals surface area contributed by atoms with Crippen LogP contribution in [0.1, 0.15) is 20.0 Å². The van der Waals surface area contributed by atoms with Gasteiger partial charge in [0.1, 0.15) is 0 Å². The van der Waals surface area contributed by atoms with Crippen molar-refractivity contribution in [2.75, 3.05) is 14.2 Å². The van der Waals surface area contributed by atoms with Gasteiger partial charge in [-0.25, -0.2) is 0 Å². The van der Waals surface area contributed by atoms with Crippen molar-refractivity contribution in [3.05, 3.63) is 21.0 Å². The number of carbonyl (C=O) groups excluding carboxylic acids is 1. The molecule has 0 saturated heterocycles. The number of rotatable bonds is 4. The SMILES string of the molecule is COC(OC)c1ccc(C=O)[se]1. The molecule has 0 aliphatic heterocycles. The van der Waals surface area contributed by atoms with E-state index in [2.05, 4.69) is 0 Å². The van der Waals surface area contributed by atoms with Gasteiger partial charge in [-0.15, -0.1) is 0 Å². The van der Waals surface area contributed by atoms with Crippen molar-refractivity contribution in [2.24, 2.45) is 0 Å². The maximum atomic E-state index is 10.4. The van der Waals surface area contributed by atoms with E-state index in [1.807, 2.05) is 12.1 Å². The molecule has 66 valence electrons. The van der Waals surface area contributed by atoms with Gasteiger partial charge in [0.15, 0.2) is 0 Å². The average Bonchev–Trinajstić information content (AvgIpc) is 2.55. The molecule has 0 saturated carbocycles. The van der Waals surface area contributed by atoms with E-state index in [1.165, 1.54) is 0 Å². The Hall–Kier alpha value is -0.411. The van der Waals surface area contributed by atoms with Crippen LogP contribution in [0.3, 0.4) is 0 Å². The van der Waals surface area contributed by atoms with E-state index in [1.54, 1.807) is 14.2 Å². The molecule has 0 N–H and O–H groups in total. The third kappa shape index (κ3) is 2.05. The van der Waals surface area contributed by atoms with Crippen LogP contribution in [0.25, 0.3) is 0 Å². The number of methoxy groups -OCH3 is 2. The summed E-state index contributed by atoms with van der Waals surface area (Å²) in [7, 11) is 3.17. The molecule has 0 amide bonds. The van der Waals surface area contributed by atoms with E-state index < -0.39 is 0 Å². The quantitative estimate of drug-likeness (QED) is 0.439. The molecule has 0 bridgehead atoms. The third-order valence-corrected chi connectivity index (χ3v) is 3.59. The summed E-state index contributed by atoms with van der Waals surface area (Å²) in [5.41, 5.74) is 0. The van der Waals surface area contributed by atoms with Gasteiger partial charge in [-0.05, 0) is 0 Å². The van der Waals surface area contributed by atoms with Crippen LogP contribution in [-0.4, -0.2) is 35.0 Å². The molecule has 0 aliphatic rings. The molecule has 1 aromatic rings. The summed E-state index contributed by atoms with van der Waals surface area (Å²) in [4.78, 5) is 10.4. The van der Waals surface area contributed by atoms with E-state index in [-0.39, 0.29) is 20.8 Å². The predicted molar refractivity (Wildman–Crippen MR) is 45.5 cm³/mol. The first-order valence-electron chi connectivity index (χ1n) is 3.42. The summed E-state index contributed by atoms with van der Waals surface area (Å²) in [5, 5.41) is 0. The third-order valence-electron chi connectivity index (χ3n) is 1.42. The van der Waals surface area contributed by atoms with Gasteiger partial charge >= 0.3 is 76.6 Å². The number of hydrogen-bond acceptors (Lipinski definition) is 3. The van der Waals surface area contributed by atoms with Crippen LogP contribution in [0.4, 0.5) is 0 Å². The van der Waals surface area contributed by atoms with E-state index in [0.717, 1.165) is 15.2 Å². The minimum atomic E-state index is -0.293. The summed E-state index contributed by atoms with van der Waals surface area (Å²) in [6.45, 7) is 0. The van der Waals surface area contributed by atoms with Crippen LogP contribution in [0, 0.1) is 0 Å². The monoisotopic (exact) mass is 234 g/mol. The van der Waals surface area contributed by atoms with Crippen molar-refractivity contribution in [2.45, 2.75) is 6.29 Å². The average molecular weight is 233 g/mol. The van der Waals surface area contributed by atoms with Crippen LogP contribution in [0.2, 0.25) is 0 Å². The summed E-state index contributed by atoms with van der Waals surface area (Å²) in [5.74, 6) is 0. The first-order chi connectivity index (χ1) is 5.81. The summed E-state index contributed by atoms with van der Waals surface area (Å²) >= 11 is 0.0818. The molecule has 4 heteroatoms. The van der Waals surface area contributed by atoms with Gasteiger partial charge in [0.2, 0.25) is 0 Å². The second-order valence-corrected chi connectivity index (χ2v) is 4.57. The van der Waals surface area contributed by atoms with E-state index in [9.17, 15) is 4.79 Å². The van der Waals surface area contributed by atoms with Gasteiger partial charge in [-0.1, -0.05) is 0 Å². The Morgan fingerprint density at radius 2 is 2.08 bits per heavy atom. The molecule has 1 aromatic heterocycles. The Labute approximate surface area is 77.0 Å². The standard InChI is InChI=1S/C8H10O3Se/c1-10-8(11-2)7-4-3-6(5-9)12-7/h3-5,8H,1-2H3. The van der Waals surface area contributed by atoms with Crippen molar-refractivity contribution in [1.82, 2.24) is 0 Å². The van der Waals surface area contributed by atoms with E-state index >= 15 is 0 Å². The first-order valence-corrected chi connectivity index (χ1v) is 5.13. The molecule has 3 nitrogen and oxygen atoms in total. The van der Waals surface area contributed by atoms with Crippen molar-refractivity contribution in [1.29, 1.82) is 0 Å². The fraction of sp³-hybridized carbons (Fsp3) is 0.375. The summed E-state index contributed by atoms with van der Waals surface area (Å²) < 4.78 is 12.0. The van der Waals surface area contributed by atoms with E-state index in [4.69, 9.17) is 9.47 Å². The molecule has 1 rings (SSSR count). The fourth-order valence-corrected chi connectivity index (χ4v) is 2.74. The Kier molecular flexibility index (Phi) is 3.69. The van der Waals surface area contributed by atoms with Gasteiger partial charge in [0.05, 0.1) is 0 Å². The molecule has 1 heterocycles. The van der Waals surface area contributed by atoms with E-state index in [0.29, 0.717) is 0 Å². The van der Waals surface area contributed by atoms with Gasteiger partial charge in [-0.2, -0.15) is 0 Å². The first kappa shape index (κ1) is 9.68. The van der Waals surface area contributed by atoms with Crippen molar-refractivity contribution < 1.29 is 14.3 Å². The van der Waals surface area contributed by atoms with Crippen molar-refractivity contribution in [3.63, 3.8) is 0 Å². The zero-order valence-corrected chi connectivity index (χ0v) is 8.66. The fourth-order valence-electron chi connectivity index (χ4n) is 0.887. The number of carbonyl (C=O) groups is 1. The molecule has 0 spiro atoms. The molecule has 0 aliphatic carbocycles.